The Labute approximate surface area is 113 Å². The summed E-state index contributed by atoms with van der Waals surface area (Å²) in [7, 11) is 1.90. The molecule has 0 unspecified atom stereocenters. The molecule has 0 aromatic carbocycles. The van der Waals surface area contributed by atoms with Gasteiger partial charge in [0.15, 0.2) is 0 Å². The first kappa shape index (κ1) is 11.8. The third-order valence-corrected chi connectivity index (χ3v) is 4.43. The van der Waals surface area contributed by atoms with Crippen LogP contribution in [-0.4, -0.2) is 18.9 Å². The molecule has 0 aliphatic heterocycles. The van der Waals surface area contributed by atoms with E-state index in [-0.39, 0.29) is 5.69 Å². The van der Waals surface area contributed by atoms with E-state index >= 15 is 0 Å². The fraction of sp³-hybridized carbons (Fsp3) is 0.500. The van der Waals surface area contributed by atoms with Gasteiger partial charge in [-0.2, -0.15) is 5.10 Å². The van der Waals surface area contributed by atoms with E-state index in [1.807, 2.05) is 35.6 Å². The van der Waals surface area contributed by atoms with Crippen LogP contribution in [0.2, 0.25) is 0 Å². The van der Waals surface area contributed by atoms with E-state index in [1.54, 1.807) is 4.57 Å². The van der Waals surface area contributed by atoms with Gasteiger partial charge < -0.3 is 0 Å². The number of aromatic nitrogens is 4. The molecule has 0 spiro atoms. The zero-order valence-electron chi connectivity index (χ0n) is 10.4. The minimum Gasteiger partial charge on any atom is -0.296 e. The van der Waals surface area contributed by atoms with Gasteiger partial charge in [0.05, 0.1) is 22.4 Å². The highest BCUT2D eigenvalue weighted by Gasteiger charge is 2.25. The molecule has 1 aliphatic carbocycles. The topological polar surface area (TPSA) is 44.8 Å². The lowest BCUT2D eigenvalue weighted by Crippen LogP contribution is -2.24. The van der Waals surface area contributed by atoms with Crippen molar-refractivity contribution in [1.82, 2.24) is 18.9 Å². The van der Waals surface area contributed by atoms with Gasteiger partial charge >= 0.3 is 5.69 Å². The number of imidazole rings is 1. The molecule has 0 radical (unpaired) electrons. The van der Waals surface area contributed by atoms with E-state index in [0.717, 1.165) is 28.7 Å². The summed E-state index contributed by atoms with van der Waals surface area (Å²) >= 11 is 3.53. The summed E-state index contributed by atoms with van der Waals surface area (Å²) in [5.41, 5.74) is 2.04. The predicted octanol–water partition coefficient (Wildman–Crippen LogP) is 1.84. The van der Waals surface area contributed by atoms with Crippen LogP contribution >= 0.6 is 15.9 Å². The highest BCUT2D eigenvalue weighted by atomic mass is 79.9. The third-order valence-electron chi connectivity index (χ3n) is 3.40. The van der Waals surface area contributed by atoms with Gasteiger partial charge in [0.1, 0.15) is 0 Å². The molecule has 18 heavy (non-hydrogen) atoms. The maximum absolute atomic E-state index is 12.2. The molecule has 6 heteroatoms. The quantitative estimate of drug-likeness (QED) is 0.868. The average molecular weight is 311 g/mol. The van der Waals surface area contributed by atoms with Crippen molar-refractivity contribution in [3.63, 3.8) is 0 Å². The van der Waals surface area contributed by atoms with Crippen LogP contribution in [0, 0.1) is 6.92 Å². The van der Waals surface area contributed by atoms with Gasteiger partial charge in [-0.3, -0.25) is 13.8 Å². The molecule has 0 saturated heterocycles. The van der Waals surface area contributed by atoms with Crippen LogP contribution < -0.4 is 5.69 Å². The Bertz CT molecular complexity index is 648. The molecule has 1 fully saturated rings. The second-order valence-electron chi connectivity index (χ2n) is 4.82. The Hall–Kier alpha value is -1.30. The summed E-state index contributed by atoms with van der Waals surface area (Å²) in [6.45, 7) is 2.50. The van der Waals surface area contributed by atoms with Crippen LogP contribution in [0.4, 0.5) is 0 Å². The van der Waals surface area contributed by atoms with Crippen LogP contribution in [0.3, 0.4) is 0 Å². The van der Waals surface area contributed by atoms with Gasteiger partial charge in [-0.05, 0) is 35.7 Å². The number of hydrogen-bond acceptors (Lipinski definition) is 2. The first-order valence-corrected chi connectivity index (χ1v) is 6.82. The van der Waals surface area contributed by atoms with Gasteiger partial charge in [0.2, 0.25) is 0 Å². The molecule has 96 valence electrons. The fourth-order valence-corrected chi connectivity index (χ4v) is 2.65. The molecule has 5 nitrogen and oxygen atoms in total. The first-order valence-electron chi connectivity index (χ1n) is 6.03. The SMILES string of the molecule is Cc1nn(C)c(Cn2ccn(C3CC3)c2=O)c1Br. The Balaban J connectivity index is 1.95. The molecular weight excluding hydrogens is 296 g/mol. The van der Waals surface area contributed by atoms with E-state index in [1.165, 1.54) is 0 Å². The van der Waals surface area contributed by atoms with Crippen molar-refractivity contribution in [2.45, 2.75) is 32.4 Å². The normalized spacial score (nSPS) is 15.3. The maximum atomic E-state index is 12.2. The predicted molar refractivity (Wildman–Crippen MR) is 71.7 cm³/mol. The van der Waals surface area contributed by atoms with Crippen LogP contribution in [0.1, 0.15) is 30.3 Å². The van der Waals surface area contributed by atoms with Gasteiger partial charge in [0.25, 0.3) is 0 Å². The Morgan fingerprint density at radius 1 is 1.44 bits per heavy atom. The highest BCUT2D eigenvalue weighted by Crippen LogP contribution is 2.33. The lowest BCUT2D eigenvalue weighted by atomic mass is 10.3. The molecule has 0 atom stereocenters. The Kier molecular flexibility index (Phi) is 2.69. The molecular formula is C12H15BrN4O. The molecule has 0 N–H and O–H groups in total. The van der Waals surface area contributed by atoms with Crippen molar-refractivity contribution < 1.29 is 0 Å². The van der Waals surface area contributed by atoms with Gasteiger partial charge in [0, 0.05) is 25.5 Å². The number of nitrogens with zero attached hydrogens (tertiary/aromatic N) is 4. The zero-order valence-corrected chi connectivity index (χ0v) is 12.0. The molecule has 3 rings (SSSR count). The number of hydrogen-bond donors (Lipinski definition) is 0. The Morgan fingerprint density at radius 3 is 2.72 bits per heavy atom. The lowest BCUT2D eigenvalue weighted by molar-refractivity contribution is 0.620. The molecule has 0 amide bonds. The van der Waals surface area contributed by atoms with Gasteiger partial charge in [-0.1, -0.05) is 0 Å². The van der Waals surface area contributed by atoms with Crippen molar-refractivity contribution in [3.05, 3.63) is 38.7 Å². The summed E-state index contributed by atoms with van der Waals surface area (Å²) in [6, 6.07) is 0.426. The van der Waals surface area contributed by atoms with Crippen molar-refractivity contribution in [1.29, 1.82) is 0 Å². The third kappa shape index (κ3) is 1.84. The monoisotopic (exact) mass is 310 g/mol. The number of aryl methyl sites for hydroxylation is 2. The van der Waals surface area contributed by atoms with Crippen LogP contribution in [0.15, 0.2) is 21.7 Å². The lowest BCUT2D eigenvalue weighted by Gasteiger charge is -2.03. The van der Waals surface area contributed by atoms with Crippen LogP contribution in [-0.2, 0) is 13.6 Å². The van der Waals surface area contributed by atoms with E-state index in [0.29, 0.717) is 12.6 Å². The molecule has 2 aromatic rings. The minimum absolute atomic E-state index is 0.0725. The zero-order chi connectivity index (χ0) is 12.9. The van der Waals surface area contributed by atoms with Crippen LogP contribution in [0.5, 0.6) is 0 Å². The smallest absolute Gasteiger partial charge is 0.296 e. The molecule has 2 heterocycles. The summed E-state index contributed by atoms with van der Waals surface area (Å²) < 4.78 is 6.37. The van der Waals surface area contributed by atoms with Gasteiger partial charge in [-0.25, -0.2) is 4.79 Å². The maximum Gasteiger partial charge on any atom is 0.328 e. The number of halogens is 1. The van der Waals surface area contributed by atoms with Crippen molar-refractivity contribution in [2.75, 3.05) is 0 Å². The molecule has 0 bridgehead atoms. The van der Waals surface area contributed by atoms with E-state index < -0.39 is 0 Å². The molecule has 1 saturated carbocycles. The molecule has 2 aromatic heterocycles. The fourth-order valence-electron chi connectivity index (χ4n) is 2.19. The summed E-state index contributed by atoms with van der Waals surface area (Å²) in [4.78, 5) is 12.2. The van der Waals surface area contributed by atoms with E-state index in [4.69, 9.17) is 0 Å². The standard InChI is InChI=1S/C12H15BrN4O/c1-8-11(13)10(15(2)14-8)7-16-5-6-17(12(16)18)9-3-4-9/h5-6,9H,3-4,7H2,1-2H3. The van der Waals surface area contributed by atoms with E-state index in [2.05, 4.69) is 21.0 Å². The second-order valence-corrected chi connectivity index (χ2v) is 5.61. The molecule has 1 aliphatic rings. The summed E-state index contributed by atoms with van der Waals surface area (Å²) in [6.07, 6.45) is 5.99. The van der Waals surface area contributed by atoms with Crippen molar-refractivity contribution in [2.24, 2.45) is 7.05 Å². The summed E-state index contributed by atoms with van der Waals surface area (Å²) in [5, 5.41) is 4.34. The first-order chi connectivity index (χ1) is 8.58. The van der Waals surface area contributed by atoms with E-state index in [9.17, 15) is 4.79 Å². The van der Waals surface area contributed by atoms with Gasteiger partial charge in [-0.15, -0.1) is 0 Å². The summed E-state index contributed by atoms with van der Waals surface area (Å²) in [5.74, 6) is 0. The van der Waals surface area contributed by atoms with Crippen molar-refractivity contribution in [3.8, 4) is 0 Å². The average Bonchev–Trinajstić information content (AvgIpc) is 3.06. The van der Waals surface area contributed by atoms with Crippen molar-refractivity contribution >= 4 is 15.9 Å². The van der Waals surface area contributed by atoms with Crippen LogP contribution in [0.25, 0.3) is 0 Å². The second kappa shape index (κ2) is 4.12. The minimum atomic E-state index is 0.0725. The number of rotatable bonds is 3. The largest absolute Gasteiger partial charge is 0.328 e. The highest BCUT2D eigenvalue weighted by molar-refractivity contribution is 9.10. The Morgan fingerprint density at radius 2 is 2.17 bits per heavy atom.